The Labute approximate surface area is 101 Å². The second kappa shape index (κ2) is 17.3. The predicted octanol–water partition coefficient (Wildman–Crippen LogP) is -0.0340. The Balaban J connectivity index is -0.0000000800. The number of hydrogen-bond acceptors (Lipinski definition) is 0. The molecule has 11 heavy (non-hydrogen) atoms. The molecule has 2 aliphatic rings. The van der Waals surface area contributed by atoms with Crippen molar-refractivity contribution in [3.05, 3.63) is 25.5 Å². The van der Waals surface area contributed by atoms with Gasteiger partial charge in [0.25, 0.3) is 0 Å². The first-order valence-corrected chi connectivity index (χ1v) is 3.49. The Morgan fingerprint density at radius 3 is 1.18 bits per heavy atom. The number of allylic oxidation sites excluding steroid dienone is 1. The summed E-state index contributed by atoms with van der Waals surface area (Å²) in [6.07, 6.45) is 12.5. The summed E-state index contributed by atoms with van der Waals surface area (Å²) >= 11 is 0. The van der Waals surface area contributed by atoms with Crippen LogP contribution in [0.4, 0.5) is 0 Å². The van der Waals surface area contributed by atoms with E-state index in [1.807, 2.05) is 0 Å². The van der Waals surface area contributed by atoms with E-state index in [1.165, 1.54) is 25.7 Å². The minimum atomic E-state index is 0. The number of hydrogen-bond donors (Lipinski definition) is 0. The summed E-state index contributed by atoms with van der Waals surface area (Å²) in [4.78, 5) is 0. The summed E-state index contributed by atoms with van der Waals surface area (Å²) in [6, 6.07) is 0. The van der Waals surface area contributed by atoms with Gasteiger partial charge in [0.05, 0.1) is 0 Å². The van der Waals surface area contributed by atoms with Crippen molar-refractivity contribution in [1.82, 2.24) is 0 Å². The molecule has 2 rings (SSSR count). The normalized spacial score (nSPS) is 14.3. The van der Waals surface area contributed by atoms with E-state index in [4.69, 9.17) is 0 Å². The summed E-state index contributed by atoms with van der Waals surface area (Å²) < 4.78 is 0. The van der Waals surface area contributed by atoms with E-state index in [1.54, 1.807) is 6.92 Å². The van der Waals surface area contributed by atoms with Crippen LogP contribution in [0.1, 0.15) is 32.6 Å². The van der Waals surface area contributed by atoms with Crippen molar-refractivity contribution in [2.45, 2.75) is 32.6 Å². The smallest absolute Gasteiger partial charge is 0 e. The quantitative estimate of drug-likeness (QED) is 0.588. The summed E-state index contributed by atoms with van der Waals surface area (Å²) in [5, 5.41) is 0. The molecule has 2 fully saturated rings. The van der Waals surface area contributed by atoms with Gasteiger partial charge in [0.15, 0.2) is 0 Å². The van der Waals surface area contributed by atoms with Crippen LogP contribution in [0, 0.1) is 18.9 Å². The molecule has 0 aromatic rings. The largest absolute Gasteiger partial charge is 1.00 e. The Morgan fingerprint density at radius 1 is 1.09 bits per heavy atom. The van der Waals surface area contributed by atoms with Gasteiger partial charge in [0.2, 0.25) is 0 Å². The van der Waals surface area contributed by atoms with Crippen LogP contribution < -0.4 is 17.0 Å². The van der Waals surface area contributed by atoms with Crippen LogP contribution in [0.2, 0.25) is 0 Å². The van der Waals surface area contributed by atoms with Crippen molar-refractivity contribution in [3.8, 4) is 0 Å². The van der Waals surface area contributed by atoms with Crippen molar-refractivity contribution in [2.75, 3.05) is 0 Å². The van der Waals surface area contributed by atoms with Crippen LogP contribution in [0.5, 0.6) is 0 Å². The molecule has 0 amide bonds. The van der Waals surface area contributed by atoms with Crippen LogP contribution in [0.15, 0.2) is 6.58 Å². The van der Waals surface area contributed by atoms with Gasteiger partial charge in [-0.15, -0.1) is 0 Å². The van der Waals surface area contributed by atoms with Gasteiger partial charge in [-0.2, -0.15) is 0 Å². The van der Waals surface area contributed by atoms with Crippen LogP contribution in [-0.2, 0) is 26.2 Å². The third kappa shape index (κ3) is 95.5. The molecule has 0 aliphatic heterocycles. The molecule has 0 nitrogen and oxygen atoms in total. The van der Waals surface area contributed by atoms with Gasteiger partial charge in [-0.05, 0) is 45.4 Å². The van der Waals surface area contributed by atoms with Gasteiger partial charge >= 0.3 is 0 Å². The molecule has 0 atom stereocenters. The Morgan fingerprint density at radius 2 is 1.18 bits per heavy atom. The van der Waals surface area contributed by atoms with E-state index in [2.05, 4.69) is 25.5 Å². The zero-order chi connectivity index (χ0) is 6.95. The third-order valence-corrected chi connectivity index (χ3v) is 0.577. The van der Waals surface area contributed by atoms with Gasteiger partial charge in [0, 0.05) is 26.2 Å². The fourth-order valence-electron chi connectivity index (χ4n) is 0. The molecule has 0 spiro atoms. The van der Waals surface area contributed by atoms with Crippen LogP contribution >= 0.6 is 0 Å². The van der Waals surface area contributed by atoms with Gasteiger partial charge in [-0.3, -0.25) is 0 Å². The molecule has 0 unspecified atom stereocenters. The molecule has 0 bridgehead atoms. The average Bonchev–Trinajstić information content (AvgIpc) is 2.66. The molecule has 3 radical (unpaired) electrons. The maximum absolute atomic E-state index is 3.24. The Bertz CT molecular complexity index is 49.1. The number of halogens is 1. The van der Waals surface area contributed by atoms with Crippen molar-refractivity contribution < 1.29 is 43.2 Å². The van der Waals surface area contributed by atoms with Gasteiger partial charge in [0.1, 0.15) is 0 Å². The molecule has 0 aromatic heterocycles. The molecular weight excluding hydrogens is 279 g/mol. The van der Waals surface area contributed by atoms with Crippen LogP contribution in [0.3, 0.4) is 0 Å². The SMILES string of the molecule is C=[C]C.[Br-].[CH]1CC1.[CH]1CC1.[Zr]. The first-order chi connectivity index (χ1) is 4.41. The number of rotatable bonds is 0. The van der Waals surface area contributed by atoms with Crippen molar-refractivity contribution in [2.24, 2.45) is 0 Å². The zero-order valence-corrected chi connectivity index (χ0v) is 11.1. The van der Waals surface area contributed by atoms with Crippen LogP contribution in [0.25, 0.3) is 0 Å². The van der Waals surface area contributed by atoms with E-state index in [9.17, 15) is 0 Å². The summed E-state index contributed by atoms with van der Waals surface area (Å²) in [5.74, 6) is 0. The monoisotopic (exact) mass is 292 g/mol. The predicted molar refractivity (Wildman–Crippen MR) is 41.6 cm³/mol. The molecule has 2 aliphatic carbocycles. The minimum Gasteiger partial charge on any atom is -1.00 e. The third-order valence-electron chi connectivity index (χ3n) is 0.577. The fourth-order valence-corrected chi connectivity index (χ4v) is 0. The standard InChI is InChI=1S/3C3H5.BrH.Zr/c2*1-2-3-1;1-3-2;;/h2*1H,2-3H2;1H2,2H3;1H;/p-1. The molecule has 0 aromatic carbocycles. The average molecular weight is 294 g/mol. The van der Waals surface area contributed by atoms with Gasteiger partial charge < -0.3 is 17.0 Å². The second-order valence-corrected chi connectivity index (χ2v) is 2.09. The zero-order valence-electron chi connectivity index (χ0n) is 7.07. The molecule has 63 valence electrons. The van der Waals surface area contributed by atoms with Crippen molar-refractivity contribution in [1.29, 1.82) is 0 Å². The second-order valence-electron chi connectivity index (χ2n) is 2.09. The molecule has 2 saturated carbocycles. The molecule has 0 N–H and O–H groups in total. The maximum atomic E-state index is 3.24. The first-order valence-electron chi connectivity index (χ1n) is 3.49. The Hall–Kier alpha value is 1.10. The van der Waals surface area contributed by atoms with E-state index in [-0.39, 0.29) is 43.2 Å². The Kier molecular flexibility index (Phi) is 28.3. The van der Waals surface area contributed by atoms with Crippen LogP contribution in [-0.4, -0.2) is 0 Å². The summed E-state index contributed by atoms with van der Waals surface area (Å²) in [6.45, 7) is 5.00. The fraction of sp³-hybridized carbons (Fsp3) is 0.556. The topological polar surface area (TPSA) is 0 Å². The molecule has 0 heterocycles. The first kappa shape index (κ1) is 18.0. The van der Waals surface area contributed by atoms with E-state index < -0.39 is 0 Å². The van der Waals surface area contributed by atoms with Crippen molar-refractivity contribution in [3.63, 3.8) is 0 Å². The molecular formula is C9H15BrZr-. The van der Waals surface area contributed by atoms with E-state index in [0.717, 1.165) is 0 Å². The van der Waals surface area contributed by atoms with Gasteiger partial charge in [-0.25, -0.2) is 0 Å². The van der Waals surface area contributed by atoms with Crippen molar-refractivity contribution >= 4 is 0 Å². The van der Waals surface area contributed by atoms with E-state index in [0.29, 0.717) is 0 Å². The van der Waals surface area contributed by atoms with Gasteiger partial charge in [-0.1, -0.05) is 12.7 Å². The maximum Gasteiger partial charge on any atom is 0 e. The molecule has 0 saturated heterocycles. The molecule has 2 heteroatoms. The minimum absolute atomic E-state index is 0. The summed E-state index contributed by atoms with van der Waals surface area (Å²) in [5.41, 5.74) is 0. The van der Waals surface area contributed by atoms with E-state index >= 15 is 0 Å². The summed E-state index contributed by atoms with van der Waals surface area (Å²) in [7, 11) is 0.